The highest BCUT2D eigenvalue weighted by molar-refractivity contribution is 6.31. The Balaban J connectivity index is 1.54. The number of hydrogen-bond acceptors (Lipinski definition) is 3. The van der Waals surface area contributed by atoms with Crippen molar-refractivity contribution in [1.29, 1.82) is 0 Å². The molecule has 1 aromatic carbocycles. The lowest BCUT2D eigenvalue weighted by Gasteiger charge is -2.21. The molecule has 1 fully saturated rings. The Morgan fingerprint density at radius 3 is 2.83 bits per heavy atom. The van der Waals surface area contributed by atoms with Gasteiger partial charge < -0.3 is 20.1 Å². The van der Waals surface area contributed by atoms with E-state index in [1.807, 2.05) is 24.3 Å². The van der Waals surface area contributed by atoms with Crippen molar-refractivity contribution in [3.63, 3.8) is 0 Å². The zero-order valence-electron chi connectivity index (χ0n) is 14.4. The Morgan fingerprint density at radius 1 is 1.29 bits per heavy atom. The topological polar surface area (TPSA) is 54.9 Å². The Labute approximate surface area is 149 Å². The zero-order valence-corrected chi connectivity index (χ0v) is 15.1. The average molecular weight is 354 g/mol. The van der Waals surface area contributed by atoms with E-state index in [9.17, 15) is 0 Å². The van der Waals surface area contributed by atoms with Crippen LogP contribution in [0.25, 0.3) is 0 Å². The maximum Gasteiger partial charge on any atom is 0.191 e. The Bertz CT molecular complexity index is 505. The fraction of sp³-hybridized carbons (Fsp3) is 0.611. The molecule has 1 aromatic rings. The second-order valence-corrected chi connectivity index (χ2v) is 6.34. The van der Waals surface area contributed by atoms with E-state index in [1.165, 1.54) is 0 Å². The minimum atomic E-state index is 0.652. The Hall–Kier alpha value is -1.30. The normalized spacial score (nSPS) is 16.2. The summed E-state index contributed by atoms with van der Waals surface area (Å²) in [6.45, 7) is 4.86. The van der Waals surface area contributed by atoms with Gasteiger partial charge in [0.05, 0.1) is 0 Å². The molecule has 6 heteroatoms. The highest BCUT2D eigenvalue weighted by Crippen LogP contribution is 2.15. The minimum absolute atomic E-state index is 0.652. The molecule has 0 amide bonds. The summed E-state index contributed by atoms with van der Waals surface area (Å²) in [6.07, 6.45) is 3.20. The molecule has 5 nitrogen and oxygen atoms in total. The van der Waals surface area contributed by atoms with E-state index >= 15 is 0 Å². The number of hydrogen-bond donors (Lipinski definition) is 2. The standard InChI is InChI=1S/C18H28ClN3O2/c1-20-18(22-13-16-5-2-3-6-17(16)19)21-9-4-10-24-14-15-7-11-23-12-8-15/h2-3,5-6,15H,4,7-14H2,1H3,(H2,20,21,22). The Kier molecular flexibility index (Phi) is 8.95. The van der Waals surface area contributed by atoms with E-state index in [2.05, 4.69) is 15.6 Å². The first kappa shape index (κ1) is 19.0. The van der Waals surface area contributed by atoms with Crippen LogP contribution in [0.2, 0.25) is 5.02 Å². The van der Waals surface area contributed by atoms with Crippen molar-refractivity contribution in [1.82, 2.24) is 10.6 Å². The molecule has 2 rings (SSSR count). The summed E-state index contributed by atoms with van der Waals surface area (Å²) >= 11 is 6.15. The summed E-state index contributed by atoms with van der Waals surface area (Å²) < 4.78 is 11.1. The van der Waals surface area contributed by atoms with Gasteiger partial charge in [-0.05, 0) is 36.8 Å². The zero-order chi connectivity index (χ0) is 17.0. The van der Waals surface area contributed by atoms with E-state index in [1.54, 1.807) is 7.05 Å². The van der Waals surface area contributed by atoms with E-state index in [0.29, 0.717) is 12.5 Å². The predicted molar refractivity (Wildman–Crippen MR) is 98.6 cm³/mol. The number of nitrogens with zero attached hydrogens (tertiary/aromatic N) is 1. The molecule has 0 aliphatic carbocycles. The molecule has 24 heavy (non-hydrogen) atoms. The van der Waals surface area contributed by atoms with Gasteiger partial charge in [-0.25, -0.2) is 0 Å². The number of nitrogens with one attached hydrogen (secondary N) is 2. The van der Waals surface area contributed by atoms with Crippen LogP contribution in [0.5, 0.6) is 0 Å². The first-order valence-corrected chi connectivity index (χ1v) is 9.01. The van der Waals surface area contributed by atoms with Crippen LogP contribution in [0.15, 0.2) is 29.3 Å². The average Bonchev–Trinajstić information content (AvgIpc) is 2.62. The van der Waals surface area contributed by atoms with Crippen molar-refractivity contribution >= 4 is 17.6 Å². The van der Waals surface area contributed by atoms with Crippen LogP contribution in [-0.4, -0.2) is 46.0 Å². The summed E-state index contributed by atoms with van der Waals surface area (Å²) in [7, 11) is 1.77. The van der Waals surface area contributed by atoms with Crippen LogP contribution in [0.3, 0.4) is 0 Å². The molecule has 0 radical (unpaired) electrons. The van der Waals surface area contributed by atoms with Gasteiger partial charge >= 0.3 is 0 Å². The van der Waals surface area contributed by atoms with Crippen molar-refractivity contribution < 1.29 is 9.47 Å². The predicted octanol–water partition coefficient (Wildman–Crippen LogP) is 2.84. The second-order valence-electron chi connectivity index (χ2n) is 5.93. The van der Waals surface area contributed by atoms with Crippen LogP contribution in [0.1, 0.15) is 24.8 Å². The smallest absolute Gasteiger partial charge is 0.191 e. The van der Waals surface area contributed by atoms with E-state index in [0.717, 1.165) is 68.8 Å². The van der Waals surface area contributed by atoms with E-state index in [4.69, 9.17) is 21.1 Å². The lowest BCUT2D eigenvalue weighted by Crippen LogP contribution is -2.37. The van der Waals surface area contributed by atoms with Gasteiger partial charge in [-0.2, -0.15) is 0 Å². The number of halogens is 1. The molecule has 0 spiro atoms. The molecule has 2 N–H and O–H groups in total. The van der Waals surface area contributed by atoms with Gasteiger partial charge in [0.2, 0.25) is 0 Å². The molecule has 0 aromatic heterocycles. The summed E-state index contributed by atoms with van der Waals surface area (Å²) in [6, 6.07) is 7.81. The van der Waals surface area contributed by atoms with Gasteiger partial charge in [-0.15, -0.1) is 0 Å². The first-order valence-electron chi connectivity index (χ1n) is 8.63. The lowest BCUT2D eigenvalue weighted by atomic mass is 10.0. The SMILES string of the molecule is CN=C(NCCCOCC1CCOCC1)NCc1ccccc1Cl. The van der Waals surface area contributed by atoms with Crippen molar-refractivity contribution in [2.75, 3.05) is 40.0 Å². The van der Waals surface area contributed by atoms with Crippen LogP contribution >= 0.6 is 11.6 Å². The molecule has 0 unspecified atom stereocenters. The molecular formula is C18H28ClN3O2. The molecule has 1 aliphatic rings. The van der Waals surface area contributed by atoms with Crippen molar-refractivity contribution in [3.05, 3.63) is 34.9 Å². The monoisotopic (exact) mass is 353 g/mol. The summed E-state index contributed by atoms with van der Waals surface area (Å²) in [5, 5.41) is 7.33. The van der Waals surface area contributed by atoms with Gasteiger partial charge in [-0.1, -0.05) is 29.8 Å². The van der Waals surface area contributed by atoms with E-state index < -0.39 is 0 Å². The largest absolute Gasteiger partial charge is 0.381 e. The fourth-order valence-corrected chi connectivity index (χ4v) is 2.79. The highest BCUT2D eigenvalue weighted by atomic mass is 35.5. The second kappa shape index (κ2) is 11.3. The molecule has 1 saturated heterocycles. The molecular weight excluding hydrogens is 326 g/mol. The quantitative estimate of drug-likeness (QED) is 0.428. The minimum Gasteiger partial charge on any atom is -0.381 e. The summed E-state index contributed by atoms with van der Waals surface area (Å²) in [4.78, 5) is 4.22. The van der Waals surface area contributed by atoms with Crippen molar-refractivity contribution in [2.24, 2.45) is 10.9 Å². The van der Waals surface area contributed by atoms with Crippen LogP contribution < -0.4 is 10.6 Å². The van der Waals surface area contributed by atoms with E-state index in [-0.39, 0.29) is 0 Å². The third kappa shape index (κ3) is 7.07. The summed E-state index contributed by atoms with van der Waals surface area (Å²) in [5.74, 6) is 1.44. The van der Waals surface area contributed by atoms with Crippen LogP contribution in [0, 0.1) is 5.92 Å². The van der Waals surface area contributed by atoms with Crippen LogP contribution in [-0.2, 0) is 16.0 Å². The van der Waals surface area contributed by atoms with Gasteiger partial charge in [-0.3, -0.25) is 4.99 Å². The maximum absolute atomic E-state index is 6.15. The van der Waals surface area contributed by atoms with Gasteiger partial charge in [0.15, 0.2) is 5.96 Å². The highest BCUT2D eigenvalue weighted by Gasteiger charge is 2.13. The lowest BCUT2D eigenvalue weighted by molar-refractivity contribution is 0.0203. The number of rotatable bonds is 8. The number of guanidine groups is 1. The summed E-state index contributed by atoms with van der Waals surface area (Å²) in [5.41, 5.74) is 1.06. The number of aliphatic imine (C=N–C) groups is 1. The van der Waals surface area contributed by atoms with Gasteiger partial charge in [0.25, 0.3) is 0 Å². The number of ether oxygens (including phenoxy) is 2. The molecule has 1 heterocycles. The Morgan fingerprint density at radius 2 is 2.08 bits per heavy atom. The molecule has 134 valence electrons. The van der Waals surface area contributed by atoms with Crippen molar-refractivity contribution in [2.45, 2.75) is 25.8 Å². The number of benzene rings is 1. The third-order valence-electron chi connectivity index (χ3n) is 4.08. The molecule has 1 aliphatic heterocycles. The van der Waals surface area contributed by atoms with Gasteiger partial charge in [0.1, 0.15) is 0 Å². The van der Waals surface area contributed by atoms with Crippen molar-refractivity contribution in [3.8, 4) is 0 Å². The molecule has 0 saturated carbocycles. The third-order valence-corrected chi connectivity index (χ3v) is 4.45. The first-order chi connectivity index (χ1) is 11.8. The van der Waals surface area contributed by atoms with Gasteiger partial charge in [0, 0.05) is 51.6 Å². The fourth-order valence-electron chi connectivity index (χ4n) is 2.59. The maximum atomic E-state index is 6.15. The molecule has 0 bridgehead atoms. The molecule has 0 atom stereocenters. The van der Waals surface area contributed by atoms with Crippen LogP contribution in [0.4, 0.5) is 0 Å².